The zero-order valence-electron chi connectivity index (χ0n) is 27.3. The van der Waals surface area contributed by atoms with Crippen LogP contribution in [-0.2, 0) is 0 Å². The number of nitrogens with zero attached hydrogens (tertiary/aromatic N) is 3. The molecule has 0 unspecified atom stereocenters. The van der Waals surface area contributed by atoms with Crippen molar-refractivity contribution in [1.82, 2.24) is 9.88 Å². The number of hydrogen-bond acceptors (Lipinski definition) is 4. The molecule has 0 radical (unpaired) electrons. The Morgan fingerprint density at radius 2 is 1.08 bits per heavy atom. The molecule has 0 spiro atoms. The number of anilines is 1. The second-order valence-corrected chi connectivity index (χ2v) is 12.3. The zero-order valence-corrected chi connectivity index (χ0v) is 27.3. The molecule has 2 heterocycles. The Morgan fingerprint density at radius 3 is 1.80 bits per heavy atom. The molecule has 1 aliphatic rings. The highest BCUT2D eigenvalue weighted by Gasteiger charge is 2.16. The van der Waals surface area contributed by atoms with Gasteiger partial charge in [-0.2, -0.15) is 0 Å². The third kappa shape index (κ3) is 6.45. The summed E-state index contributed by atoms with van der Waals surface area (Å²) >= 11 is 0. The maximum absolute atomic E-state index is 6.35. The molecule has 0 fully saturated rings. The lowest BCUT2D eigenvalue weighted by Gasteiger charge is -2.19. The van der Waals surface area contributed by atoms with E-state index in [-0.39, 0.29) is 0 Å². The molecule has 236 valence electrons. The van der Waals surface area contributed by atoms with Crippen molar-refractivity contribution < 1.29 is 4.74 Å². The summed E-state index contributed by atoms with van der Waals surface area (Å²) in [5, 5.41) is 0. The Hall–Kier alpha value is -6.39. The van der Waals surface area contributed by atoms with E-state index in [9.17, 15) is 0 Å². The lowest BCUT2D eigenvalue weighted by Crippen LogP contribution is -2.21. The first kappa shape index (κ1) is 30.0. The molecule has 4 heteroatoms. The fourth-order valence-corrected chi connectivity index (χ4v) is 6.48. The topological polar surface area (TPSA) is 28.6 Å². The summed E-state index contributed by atoms with van der Waals surface area (Å²) in [5.74, 6) is 1.56. The lowest BCUT2D eigenvalue weighted by molar-refractivity contribution is 0.481. The predicted molar refractivity (Wildman–Crippen MR) is 202 cm³/mol. The number of aromatic nitrogens is 1. The minimum absolute atomic E-state index is 0.767. The molecule has 4 nitrogen and oxygen atoms in total. The zero-order chi connectivity index (χ0) is 33.0. The summed E-state index contributed by atoms with van der Waals surface area (Å²) in [7, 11) is 2.06. The third-order valence-corrected chi connectivity index (χ3v) is 8.87. The maximum atomic E-state index is 6.35. The standard InChI is InChI=1S/C45H35N3O/c1-47-26-27-48(32-47)39-19-10-21-41(31-39)49-40-20-9-17-37(29-40)44-30-36(24-25-46-44)35-16-8-18-38(28-35)45-42(33-12-4-2-5-13-33)22-11-23-43(45)34-14-6-3-7-15-34/h2-31H,32H2,1H3. The van der Waals surface area contributed by atoms with Gasteiger partial charge in [-0.1, -0.05) is 115 Å². The third-order valence-electron chi connectivity index (χ3n) is 8.87. The van der Waals surface area contributed by atoms with Gasteiger partial charge in [-0.15, -0.1) is 0 Å². The van der Waals surface area contributed by atoms with Crippen LogP contribution in [0.4, 0.5) is 5.69 Å². The van der Waals surface area contributed by atoms with Crippen molar-refractivity contribution in [1.29, 1.82) is 0 Å². The van der Waals surface area contributed by atoms with Gasteiger partial charge in [0.2, 0.25) is 0 Å². The molecule has 7 aromatic rings. The average molecular weight is 634 g/mol. The van der Waals surface area contributed by atoms with Gasteiger partial charge in [0.1, 0.15) is 11.5 Å². The fraction of sp³-hybridized carbons (Fsp3) is 0.0444. The van der Waals surface area contributed by atoms with E-state index in [0.717, 1.165) is 46.2 Å². The molecule has 0 amide bonds. The highest BCUT2D eigenvalue weighted by Crippen LogP contribution is 2.41. The van der Waals surface area contributed by atoms with E-state index in [4.69, 9.17) is 9.72 Å². The molecule has 0 saturated heterocycles. The van der Waals surface area contributed by atoms with E-state index in [1.54, 1.807) is 0 Å². The van der Waals surface area contributed by atoms with Gasteiger partial charge in [0, 0.05) is 43.0 Å². The van der Waals surface area contributed by atoms with Crippen LogP contribution in [0.1, 0.15) is 0 Å². The van der Waals surface area contributed by atoms with E-state index in [0.29, 0.717) is 0 Å². The van der Waals surface area contributed by atoms with E-state index < -0.39 is 0 Å². The normalized spacial score (nSPS) is 12.3. The molecule has 0 N–H and O–H groups in total. The summed E-state index contributed by atoms with van der Waals surface area (Å²) in [6.07, 6.45) is 6.04. The Balaban J connectivity index is 1.12. The molecule has 8 rings (SSSR count). The number of rotatable bonds is 8. The Kier molecular flexibility index (Phi) is 8.19. The molecular formula is C45H35N3O. The van der Waals surface area contributed by atoms with Gasteiger partial charge in [-0.25, -0.2) is 0 Å². The van der Waals surface area contributed by atoms with Crippen LogP contribution in [-0.4, -0.2) is 23.6 Å². The fourth-order valence-electron chi connectivity index (χ4n) is 6.48. The minimum Gasteiger partial charge on any atom is -0.457 e. The summed E-state index contributed by atoms with van der Waals surface area (Å²) in [6, 6.07) is 57.3. The molecule has 0 saturated carbocycles. The van der Waals surface area contributed by atoms with Crippen LogP contribution < -0.4 is 9.64 Å². The lowest BCUT2D eigenvalue weighted by atomic mass is 9.86. The molecule has 1 aliphatic heterocycles. The molecule has 0 bridgehead atoms. The van der Waals surface area contributed by atoms with E-state index >= 15 is 0 Å². The van der Waals surface area contributed by atoms with Gasteiger partial charge in [0.25, 0.3) is 0 Å². The van der Waals surface area contributed by atoms with Gasteiger partial charge in [-0.05, 0) is 87.0 Å². The van der Waals surface area contributed by atoms with Crippen molar-refractivity contribution in [3.63, 3.8) is 0 Å². The molecule has 6 aromatic carbocycles. The summed E-state index contributed by atoms with van der Waals surface area (Å²) in [6.45, 7) is 0.817. The van der Waals surface area contributed by atoms with Crippen molar-refractivity contribution in [3.05, 3.63) is 182 Å². The SMILES string of the molecule is CN1C=CN(c2cccc(Oc3cccc(-c4cc(-c5cccc(-c6c(-c7ccccc7)cccc6-c6ccccc6)c5)ccn4)c3)c2)C1. The Bertz CT molecular complexity index is 2200. The first-order valence-corrected chi connectivity index (χ1v) is 16.5. The van der Waals surface area contributed by atoms with Crippen molar-refractivity contribution in [3.8, 4) is 67.3 Å². The highest BCUT2D eigenvalue weighted by atomic mass is 16.5. The van der Waals surface area contributed by atoms with E-state index in [2.05, 4.69) is 169 Å². The second-order valence-electron chi connectivity index (χ2n) is 12.3. The van der Waals surface area contributed by atoms with E-state index in [1.807, 2.05) is 30.5 Å². The first-order valence-electron chi connectivity index (χ1n) is 16.5. The van der Waals surface area contributed by atoms with Crippen LogP contribution in [0.5, 0.6) is 11.5 Å². The van der Waals surface area contributed by atoms with Crippen molar-refractivity contribution in [2.75, 3.05) is 18.6 Å². The van der Waals surface area contributed by atoms with Gasteiger partial charge in [-0.3, -0.25) is 4.98 Å². The highest BCUT2D eigenvalue weighted by molar-refractivity contribution is 5.95. The number of ether oxygens (including phenoxy) is 1. The van der Waals surface area contributed by atoms with Gasteiger partial charge in [0.15, 0.2) is 0 Å². The number of benzene rings is 6. The van der Waals surface area contributed by atoms with Crippen molar-refractivity contribution in [2.45, 2.75) is 0 Å². The van der Waals surface area contributed by atoms with Crippen LogP contribution in [0.15, 0.2) is 182 Å². The first-order chi connectivity index (χ1) is 24.2. The van der Waals surface area contributed by atoms with Crippen LogP contribution in [0.25, 0.3) is 55.8 Å². The minimum atomic E-state index is 0.767. The van der Waals surface area contributed by atoms with Gasteiger partial charge in [0.05, 0.1) is 12.4 Å². The molecular weight excluding hydrogens is 599 g/mol. The maximum Gasteiger partial charge on any atom is 0.129 e. The Labute approximate surface area is 287 Å². The summed E-state index contributed by atoms with van der Waals surface area (Å²) < 4.78 is 6.35. The summed E-state index contributed by atoms with van der Waals surface area (Å²) in [4.78, 5) is 9.10. The number of hydrogen-bond donors (Lipinski definition) is 0. The second kappa shape index (κ2) is 13.4. The van der Waals surface area contributed by atoms with E-state index in [1.165, 1.54) is 33.4 Å². The van der Waals surface area contributed by atoms with Crippen LogP contribution >= 0.6 is 0 Å². The van der Waals surface area contributed by atoms with Crippen molar-refractivity contribution >= 4 is 5.69 Å². The monoisotopic (exact) mass is 633 g/mol. The number of pyridine rings is 1. The largest absolute Gasteiger partial charge is 0.457 e. The smallest absolute Gasteiger partial charge is 0.129 e. The van der Waals surface area contributed by atoms with Gasteiger partial charge < -0.3 is 14.5 Å². The molecule has 1 aromatic heterocycles. The van der Waals surface area contributed by atoms with Crippen molar-refractivity contribution in [2.24, 2.45) is 0 Å². The van der Waals surface area contributed by atoms with Crippen LogP contribution in [0, 0.1) is 0 Å². The van der Waals surface area contributed by atoms with Gasteiger partial charge >= 0.3 is 0 Å². The molecule has 49 heavy (non-hydrogen) atoms. The van der Waals surface area contributed by atoms with Crippen LogP contribution in [0.2, 0.25) is 0 Å². The molecule has 0 atom stereocenters. The molecule has 0 aliphatic carbocycles. The predicted octanol–water partition coefficient (Wildman–Crippen LogP) is 11.4. The van der Waals surface area contributed by atoms with Crippen LogP contribution in [0.3, 0.4) is 0 Å². The average Bonchev–Trinajstić information content (AvgIpc) is 3.62. The summed E-state index contributed by atoms with van der Waals surface area (Å²) in [5.41, 5.74) is 12.4. The Morgan fingerprint density at radius 1 is 0.490 bits per heavy atom. The quantitative estimate of drug-likeness (QED) is 0.166.